The van der Waals surface area contributed by atoms with Crippen molar-refractivity contribution in [3.63, 3.8) is 0 Å². The van der Waals surface area contributed by atoms with E-state index in [1.165, 1.54) is 0 Å². The molecular formula is C12H19N3O2. The molecule has 0 radical (unpaired) electrons. The molecular weight excluding hydrogens is 218 g/mol. The van der Waals surface area contributed by atoms with Crippen LogP contribution in [0.4, 0.5) is 0 Å². The molecule has 0 aromatic carbocycles. The van der Waals surface area contributed by atoms with Gasteiger partial charge in [0.2, 0.25) is 0 Å². The van der Waals surface area contributed by atoms with E-state index in [1.54, 1.807) is 13.8 Å². The Kier molecular flexibility index (Phi) is 2.95. The molecule has 1 aromatic heterocycles. The van der Waals surface area contributed by atoms with Crippen molar-refractivity contribution in [2.24, 2.45) is 11.7 Å². The van der Waals surface area contributed by atoms with Crippen LogP contribution in [0.3, 0.4) is 0 Å². The van der Waals surface area contributed by atoms with Crippen molar-refractivity contribution in [3.8, 4) is 0 Å². The SMILES string of the molecule is Cc1noc(C)c1C(=O)NC(C)(CN)C1CC1. The summed E-state index contributed by atoms with van der Waals surface area (Å²) in [5.41, 5.74) is 6.61. The zero-order valence-corrected chi connectivity index (χ0v) is 10.5. The molecule has 0 spiro atoms. The molecule has 1 unspecified atom stereocenters. The van der Waals surface area contributed by atoms with Crippen LogP contribution >= 0.6 is 0 Å². The van der Waals surface area contributed by atoms with Crippen molar-refractivity contribution in [2.75, 3.05) is 6.54 Å². The van der Waals surface area contributed by atoms with Crippen LogP contribution in [0.5, 0.6) is 0 Å². The number of aromatic nitrogens is 1. The van der Waals surface area contributed by atoms with Gasteiger partial charge in [0.15, 0.2) is 0 Å². The van der Waals surface area contributed by atoms with E-state index in [1.807, 2.05) is 6.92 Å². The lowest BCUT2D eigenvalue weighted by molar-refractivity contribution is 0.0895. The molecule has 17 heavy (non-hydrogen) atoms. The normalized spacial score (nSPS) is 18.8. The number of nitrogens with one attached hydrogen (secondary N) is 1. The van der Waals surface area contributed by atoms with Crippen LogP contribution < -0.4 is 11.1 Å². The van der Waals surface area contributed by atoms with Crippen LogP contribution in [0, 0.1) is 19.8 Å². The van der Waals surface area contributed by atoms with Gasteiger partial charge in [0.25, 0.3) is 5.91 Å². The summed E-state index contributed by atoms with van der Waals surface area (Å²) >= 11 is 0. The van der Waals surface area contributed by atoms with Crippen molar-refractivity contribution >= 4 is 5.91 Å². The Bertz CT molecular complexity index is 417. The minimum atomic E-state index is -0.312. The van der Waals surface area contributed by atoms with E-state index >= 15 is 0 Å². The fourth-order valence-corrected chi connectivity index (χ4v) is 2.17. The molecule has 1 saturated carbocycles. The van der Waals surface area contributed by atoms with Crippen molar-refractivity contribution in [1.82, 2.24) is 10.5 Å². The summed E-state index contributed by atoms with van der Waals surface area (Å²) in [4.78, 5) is 12.2. The zero-order chi connectivity index (χ0) is 12.6. The van der Waals surface area contributed by atoms with Gasteiger partial charge >= 0.3 is 0 Å². The molecule has 1 fully saturated rings. The van der Waals surface area contributed by atoms with E-state index < -0.39 is 0 Å². The van der Waals surface area contributed by atoms with Gasteiger partial charge in [-0.25, -0.2) is 0 Å². The maximum absolute atomic E-state index is 12.2. The quantitative estimate of drug-likeness (QED) is 0.823. The van der Waals surface area contributed by atoms with Crippen LogP contribution in [0.15, 0.2) is 4.52 Å². The third-order valence-electron chi connectivity index (χ3n) is 3.56. The highest BCUT2D eigenvalue weighted by Crippen LogP contribution is 2.39. The second-order valence-corrected chi connectivity index (χ2v) is 5.05. The van der Waals surface area contributed by atoms with E-state index in [2.05, 4.69) is 10.5 Å². The van der Waals surface area contributed by atoms with Crippen molar-refractivity contribution in [2.45, 2.75) is 39.2 Å². The number of amides is 1. The fourth-order valence-electron chi connectivity index (χ4n) is 2.17. The molecule has 0 saturated heterocycles. The largest absolute Gasteiger partial charge is 0.361 e. The van der Waals surface area contributed by atoms with Gasteiger partial charge in [0.05, 0.1) is 11.2 Å². The molecule has 0 aliphatic heterocycles. The number of aryl methyl sites for hydroxylation is 2. The van der Waals surface area contributed by atoms with Crippen molar-refractivity contribution in [1.29, 1.82) is 0 Å². The summed E-state index contributed by atoms with van der Waals surface area (Å²) in [6, 6.07) is 0. The van der Waals surface area contributed by atoms with Crippen LogP contribution in [0.2, 0.25) is 0 Å². The van der Waals surface area contributed by atoms with Gasteiger partial charge in [-0.3, -0.25) is 4.79 Å². The molecule has 5 heteroatoms. The average Bonchev–Trinajstić information content (AvgIpc) is 3.06. The minimum absolute atomic E-state index is 0.138. The predicted octanol–water partition coefficient (Wildman–Crippen LogP) is 1.15. The topological polar surface area (TPSA) is 81.2 Å². The van der Waals surface area contributed by atoms with Gasteiger partial charge in [-0.05, 0) is 39.5 Å². The van der Waals surface area contributed by atoms with Gasteiger partial charge < -0.3 is 15.6 Å². The summed E-state index contributed by atoms with van der Waals surface area (Å²) in [5.74, 6) is 0.910. The molecule has 5 nitrogen and oxygen atoms in total. The van der Waals surface area contributed by atoms with Crippen LogP contribution in [0.25, 0.3) is 0 Å². The first-order valence-corrected chi connectivity index (χ1v) is 5.93. The Morgan fingerprint density at radius 2 is 2.24 bits per heavy atom. The first-order chi connectivity index (χ1) is 7.98. The Morgan fingerprint density at radius 3 is 2.65 bits per heavy atom. The number of rotatable bonds is 4. The van der Waals surface area contributed by atoms with E-state index in [0.29, 0.717) is 29.5 Å². The maximum atomic E-state index is 12.2. The summed E-state index contributed by atoms with van der Waals surface area (Å²) in [6.45, 7) is 5.96. The Labute approximate surface area is 101 Å². The monoisotopic (exact) mass is 237 g/mol. The average molecular weight is 237 g/mol. The van der Waals surface area contributed by atoms with Crippen LogP contribution in [-0.4, -0.2) is 23.1 Å². The van der Waals surface area contributed by atoms with Gasteiger partial charge in [0, 0.05) is 6.54 Å². The first kappa shape index (κ1) is 12.1. The Balaban J connectivity index is 2.16. The number of nitrogens with zero attached hydrogens (tertiary/aromatic N) is 1. The summed E-state index contributed by atoms with van der Waals surface area (Å²) < 4.78 is 5.00. The summed E-state index contributed by atoms with van der Waals surface area (Å²) in [7, 11) is 0. The van der Waals surface area contributed by atoms with Crippen LogP contribution in [-0.2, 0) is 0 Å². The molecule has 1 amide bonds. The number of nitrogens with two attached hydrogens (primary N) is 1. The molecule has 2 rings (SSSR count). The molecule has 1 aliphatic rings. The number of hydrogen-bond donors (Lipinski definition) is 2. The molecule has 1 heterocycles. The Hall–Kier alpha value is -1.36. The fraction of sp³-hybridized carbons (Fsp3) is 0.667. The van der Waals surface area contributed by atoms with E-state index in [0.717, 1.165) is 12.8 Å². The minimum Gasteiger partial charge on any atom is -0.361 e. The summed E-state index contributed by atoms with van der Waals surface area (Å²) in [5, 5.41) is 6.81. The third-order valence-corrected chi connectivity index (χ3v) is 3.56. The summed E-state index contributed by atoms with van der Waals surface area (Å²) in [6.07, 6.45) is 2.27. The first-order valence-electron chi connectivity index (χ1n) is 5.93. The molecule has 94 valence electrons. The number of carbonyl (C=O) groups excluding carboxylic acids is 1. The molecule has 1 aliphatic carbocycles. The molecule has 1 atom stereocenters. The van der Waals surface area contributed by atoms with E-state index in [9.17, 15) is 4.79 Å². The van der Waals surface area contributed by atoms with E-state index in [-0.39, 0.29) is 11.4 Å². The van der Waals surface area contributed by atoms with E-state index in [4.69, 9.17) is 10.3 Å². The number of hydrogen-bond acceptors (Lipinski definition) is 4. The van der Waals surface area contributed by atoms with Gasteiger partial charge in [0.1, 0.15) is 11.3 Å². The lowest BCUT2D eigenvalue weighted by atomic mass is 9.95. The lowest BCUT2D eigenvalue weighted by Crippen LogP contribution is -2.53. The highest BCUT2D eigenvalue weighted by Gasteiger charge is 2.42. The molecule has 1 aromatic rings. The zero-order valence-electron chi connectivity index (χ0n) is 10.5. The highest BCUT2D eigenvalue weighted by atomic mass is 16.5. The highest BCUT2D eigenvalue weighted by molar-refractivity contribution is 5.96. The lowest BCUT2D eigenvalue weighted by Gasteiger charge is -2.29. The smallest absolute Gasteiger partial charge is 0.257 e. The number of carbonyl (C=O) groups is 1. The second-order valence-electron chi connectivity index (χ2n) is 5.05. The second kappa shape index (κ2) is 4.14. The third kappa shape index (κ3) is 2.20. The van der Waals surface area contributed by atoms with Crippen molar-refractivity contribution < 1.29 is 9.32 Å². The van der Waals surface area contributed by atoms with Gasteiger partial charge in [-0.2, -0.15) is 0 Å². The predicted molar refractivity (Wildman–Crippen MR) is 63.6 cm³/mol. The molecule has 3 N–H and O–H groups in total. The maximum Gasteiger partial charge on any atom is 0.257 e. The standard InChI is InChI=1S/C12H19N3O2/c1-7-10(8(2)17-15-7)11(16)14-12(3,6-13)9-4-5-9/h9H,4-6,13H2,1-3H3,(H,14,16). The van der Waals surface area contributed by atoms with Crippen molar-refractivity contribution in [3.05, 3.63) is 17.0 Å². The van der Waals surface area contributed by atoms with Crippen LogP contribution in [0.1, 0.15) is 41.6 Å². The molecule has 0 bridgehead atoms. The van der Waals surface area contributed by atoms with Gasteiger partial charge in [-0.1, -0.05) is 5.16 Å². The Morgan fingerprint density at radius 1 is 1.59 bits per heavy atom. The van der Waals surface area contributed by atoms with Gasteiger partial charge in [-0.15, -0.1) is 0 Å².